The molecular weight excluding hydrogens is 342 g/mol. The number of nitriles is 1. The van der Waals surface area contributed by atoms with Crippen molar-refractivity contribution in [1.82, 2.24) is 5.32 Å². The van der Waals surface area contributed by atoms with Crippen molar-refractivity contribution in [2.45, 2.75) is 12.8 Å². The van der Waals surface area contributed by atoms with Crippen LogP contribution >= 0.6 is 11.8 Å². The van der Waals surface area contributed by atoms with Gasteiger partial charge in [-0.05, 0) is 12.5 Å². The first-order valence-electron chi connectivity index (χ1n) is 7.39. The second-order valence-electron chi connectivity index (χ2n) is 5.49. The number of allylic oxidation sites excluding steroid dienone is 1. The van der Waals surface area contributed by atoms with Gasteiger partial charge < -0.3 is 15.8 Å². The molecule has 1 aliphatic heterocycles. The van der Waals surface area contributed by atoms with Gasteiger partial charge in [0.25, 0.3) is 0 Å². The number of carbonyl (C=O) groups is 3. The molecule has 0 saturated heterocycles. The molecule has 25 heavy (non-hydrogen) atoms. The molecule has 1 aromatic rings. The number of primary amides is 1. The molecule has 3 N–H and O–H groups in total. The number of nitrogens with one attached hydrogen (secondary N) is 1. The van der Waals surface area contributed by atoms with E-state index in [4.69, 9.17) is 10.5 Å². The zero-order chi connectivity index (χ0) is 18.6. The van der Waals surface area contributed by atoms with E-state index in [0.29, 0.717) is 5.56 Å². The van der Waals surface area contributed by atoms with Crippen LogP contribution in [0.4, 0.5) is 0 Å². The summed E-state index contributed by atoms with van der Waals surface area (Å²) in [6, 6.07) is 9.26. The molecule has 130 valence electrons. The third-order valence-corrected chi connectivity index (χ3v) is 4.82. The topological polar surface area (TPSA) is 122 Å². The summed E-state index contributed by atoms with van der Waals surface area (Å²) in [5.41, 5.74) is 6.98. The maximum Gasteiger partial charge on any atom is 0.319 e. The minimum atomic E-state index is -1.18. The summed E-state index contributed by atoms with van der Waals surface area (Å²) in [4.78, 5) is 35.7. The Hall–Kier alpha value is -2.79. The lowest BCUT2D eigenvalue weighted by atomic mass is 9.78. The fourth-order valence-electron chi connectivity index (χ4n) is 2.60. The molecule has 0 spiro atoms. The van der Waals surface area contributed by atoms with Gasteiger partial charge in [0.1, 0.15) is 5.92 Å². The first kappa shape index (κ1) is 18.5. The third-order valence-electron chi connectivity index (χ3n) is 3.78. The highest BCUT2D eigenvalue weighted by atomic mass is 32.2. The SMILES string of the molecule is COC(=O)C1C(=O)NC(SCC(N)=O)=C(C#N)C1c1ccc(C)cc1. The summed E-state index contributed by atoms with van der Waals surface area (Å²) in [7, 11) is 1.19. The highest BCUT2D eigenvalue weighted by Crippen LogP contribution is 2.40. The summed E-state index contributed by atoms with van der Waals surface area (Å²) in [6.45, 7) is 1.91. The van der Waals surface area contributed by atoms with Crippen LogP contribution in [0.25, 0.3) is 0 Å². The van der Waals surface area contributed by atoms with E-state index in [1.165, 1.54) is 7.11 Å². The number of ether oxygens (including phenoxy) is 1. The highest BCUT2D eigenvalue weighted by molar-refractivity contribution is 8.03. The van der Waals surface area contributed by atoms with Crippen LogP contribution in [0.1, 0.15) is 17.0 Å². The molecule has 1 aromatic carbocycles. The molecule has 0 saturated carbocycles. The molecule has 0 fully saturated rings. The van der Waals surface area contributed by atoms with Crippen molar-refractivity contribution >= 4 is 29.5 Å². The largest absolute Gasteiger partial charge is 0.468 e. The summed E-state index contributed by atoms with van der Waals surface area (Å²) in [5.74, 6) is -3.95. The van der Waals surface area contributed by atoms with E-state index >= 15 is 0 Å². The molecule has 2 atom stereocenters. The summed E-state index contributed by atoms with van der Waals surface area (Å²) in [6.07, 6.45) is 0. The first-order chi connectivity index (χ1) is 11.9. The van der Waals surface area contributed by atoms with Gasteiger partial charge in [-0.1, -0.05) is 41.6 Å². The quantitative estimate of drug-likeness (QED) is 0.596. The van der Waals surface area contributed by atoms with Gasteiger partial charge in [-0.2, -0.15) is 5.26 Å². The average molecular weight is 359 g/mol. The van der Waals surface area contributed by atoms with Crippen LogP contribution in [0.2, 0.25) is 0 Å². The number of methoxy groups -OCH3 is 1. The number of thioether (sulfide) groups is 1. The van der Waals surface area contributed by atoms with Crippen molar-refractivity contribution in [3.05, 3.63) is 46.0 Å². The van der Waals surface area contributed by atoms with E-state index in [1.807, 2.05) is 19.1 Å². The number of nitrogens with two attached hydrogens (primary N) is 1. The van der Waals surface area contributed by atoms with Crippen LogP contribution in [0.5, 0.6) is 0 Å². The smallest absolute Gasteiger partial charge is 0.319 e. The van der Waals surface area contributed by atoms with Crippen LogP contribution in [-0.4, -0.2) is 30.6 Å². The zero-order valence-electron chi connectivity index (χ0n) is 13.7. The van der Waals surface area contributed by atoms with E-state index in [0.717, 1.165) is 17.3 Å². The Labute approximate surface area is 149 Å². The Morgan fingerprint density at radius 1 is 1.36 bits per heavy atom. The second-order valence-corrected chi connectivity index (χ2v) is 6.47. The standard InChI is InChI=1S/C17H17N3O4S/c1-9-3-5-10(6-4-9)13-11(7-18)16(25-8-12(19)21)20-15(22)14(13)17(23)24-2/h3-6,13-14H,8H2,1-2H3,(H2,19,21)(H,20,22). The Bertz CT molecular complexity index is 780. The van der Waals surface area contributed by atoms with Crippen molar-refractivity contribution in [2.24, 2.45) is 11.7 Å². The lowest BCUT2D eigenvalue weighted by Crippen LogP contribution is -2.44. The fraction of sp³-hybridized carbons (Fsp3) is 0.294. The van der Waals surface area contributed by atoms with Crippen LogP contribution in [0.15, 0.2) is 34.9 Å². The molecule has 2 amide bonds. The molecule has 1 heterocycles. The second kappa shape index (κ2) is 7.85. The van der Waals surface area contributed by atoms with Crippen molar-refractivity contribution in [1.29, 1.82) is 5.26 Å². The van der Waals surface area contributed by atoms with Crippen molar-refractivity contribution in [2.75, 3.05) is 12.9 Å². The predicted molar refractivity (Wildman–Crippen MR) is 91.9 cm³/mol. The van der Waals surface area contributed by atoms with Gasteiger partial charge in [0.05, 0.1) is 29.5 Å². The number of carbonyl (C=O) groups excluding carboxylic acids is 3. The Kier molecular flexibility index (Phi) is 5.83. The van der Waals surface area contributed by atoms with Gasteiger partial charge >= 0.3 is 5.97 Å². The lowest BCUT2D eigenvalue weighted by molar-refractivity contribution is -0.150. The number of benzene rings is 1. The zero-order valence-corrected chi connectivity index (χ0v) is 14.6. The molecular formula is C17H17N3O4S. The number of amides is 2. The summed E-state index contributed by atoms with van der Waals surface area (Å²) < 4.78 is 4.75. The number of hydrogen-bond donors (Lipinski definition) is 2. The number of hydrogen-bond acceptors (Lipinski definition) is 6. The fourth-order valence-corrected chi connectivity index (χ4v) is 3.38. The summed E-state index contributed by atoms with van der Waals surface area (Å²) >= 11 is 0.963. The van der Waals surface area contributed by atoms with Crippen LogP contribution < -0.4 is 11.1 Å². The van der Waals surface area contributed by atoms with Crippen LogP contribution in [0, 0.1) is 24.2 Å². The van der Waals surface area contributed by atoms with E-state index < -0.39 is 29.6 Å². The maximum absolute atomic E-state index is 12.5. The summed E-state index contributed by atoms with van der Waals surface area (Å²) in [5, 5.41) is 12.4. The predicted octanol–water partition coefficient (Wildman–Crippen LogP) is 0.951. The molecule has 0 aromatic heterocycles. The first-order valence-corrected chi connectivity index (χ1v) is 8.38. The van der Waals surface area contributed by atoms with E-state index in [9.17, 15) is 19.6 Å². The molecule has 0 bridgehead atoms. The third kappa shape index (κ3) is 4.00. The number of nitrogens with zero attached hydrogens (tertiary/aromatic N) is 1. The average Bonchev–Trinajstić information content (AvgIpc) is 2.59. The molecule has 7 nitrogen and oxygen atoms in total. The van der Waals surface area contributed by atoms with Gasteiger partial charge in [0.15, 0.2) is 0 Å². The van der Waals surface area contributed by atoms with Gasteiger partial charge in [-0.15, -0.1) is 0 Å². The number of rotatable bonds is 5. The van der Waals surface area contributed by atoms with Gasteiger partial charge in [-0.3, -0.25) is 14.4 Å². The van der Waals surface area contributed by atoms with Gasteiger partial charge in [0.2, 0.25) is 11.8 Å². The minimum Gasteiger partial charge on any atom is -0.468 e. The van der Waals surface area contributed by atoms with Crippen LogP contribution in [-0.2, 0) is 19.1 Å². The monoisotopic (exact) mass is 359 g/mol. The Morgan fingerprint density at radius 2 is 2.00 bits per heavy atom. The van der Waals surface area contributed by atoms with E-state index in [2.05, 4.69) is 11.4 Å². The number of esters is 1. The lowest BCUT2D eigenvalue weighted by Gasteiger charge is -2.30. The molecule has 8 heteroatoms. The van der Waals surface area contributed by atoms with Gasteiger partial charge in [0, 0.05) is 5.92 Å². The Balaban J connectivity index is 2.57. The van der Waals surface area contributed by atoms with Crippen molar-refractivity contribution in [3.63, 3.8) is 0 Å². The van der Waals surface area contributed by atoms with E-state index in [-0.39, 0.29) is 16.4 Å². The molecule has 2 rings (SSSR count). The van der Waals surface area contributed by atoms with Crippen molar-refractivity contribution < 1.29 is 19.1 Å². The van der Waals surface area contributed by atoms with E-state index in [1.54, 1.807) is 12.1 Å². The maximum atomic E-state index is 12.5. The van der Waals surface area contributed by atoms with Gasteiger partial charge in [-0.25, -0.2) is 0 Å². The molecule has 2 unspecified atom stereocenters. The molecule has 0 radical (unpaired) electrons. The normalized spacial score (nSPS) is 19.8. The van der Waals surface area contributed by atoms with Crippen LogP contribution in [0.3, 0.4) is 0 Å². The highest BCUT2D eigenvalue weighted by Gasteiger charge is 2.44. The van der Waals surface area contributed by atoms with Crippen molar-refractivity contribution in [3.8, 4) is 6.07 Å². The number of aryl methyl sites for hydroxylation is 1. The Morgan fingerprint density at radius 3 is 2.52 bits per heavy atom. The molecule has 0 aliphatic carbocycles. The minimum absolute atomic E-state index is 0.0930. The molecule has 1 aliphatic rings.